The molecule has 0 heterocycles. The summed E-state index contributed by atoms with van der Waals surface area (Å²) >= 11 is 0. The predicted octanol–water partition coefficient (Wildman–Crippen LogP) is 4.81. The zero-order valence-electron chi connectivity index (χ0n) is 14.7. The van der Waals surface area contributed by atoms with Crippen LogP contribution in [0, 0.1) is 13.8 Å². The molecule has 0 fully saturated rings. The first-order valence-corrected chi connectivity index (χ1v) is 8.38. The second-order valence-corrected chi connectivity index (χ2v) is 6.12. The summed E-state index contributed by atoms with van der Waals surface area (Å²) in [7, 11) is 0. The molecule has 3 rings (SSSR count). The van der Waals surface area contributed by atoms with Gasteiger partial charge in [-0.25, -0.2) is 0 Å². The molecule has 0 saturated carbocycles. The number of hydrogen-bond donors (Lipinski definition) is 2. The van der Waals surface area contributed by atoms with E-state index < -0.39 is 0 Å². The van der Waals surface area contributed by atoms with Gasteiger partial charge in [0.2, 0.25) is 0 Å². The molecule has 0 aromatic heterocycles. The van der Waals surface area contributed by atoms with E-state index in [1.807, 2.05) is 62.4 Å². The lowest BCUT2D eigenvalue weighted by molar-refractivity contribution is 0.101. The van der Waals surface area contributed by atoms with E-state index in [1.165, 1.54) is 0 Å². The molecule has 0 aliphatic carbocycles. The Morgan fingerprint density at radius 2 is 0.962 bits per heavy atom. The van der Waals surface area contributed by atoms with Crippen molar-refractivity contribution < 1.29 is 9.59 Å². The van der Waals surface area contributed by atoms with Crippen molar-refractivity contribution >= 4 is 23.2 Å². The van der Waals surface area contributed by atoms with Crippen LogP contribution in [0.3, 0.4) is 0 Å². The van der Waals surface area contributed by atoms with Gasteiger partial charge >= 0.3 is 0 Å². The summed E-state index contributed by atoms with van der Waals surface area (Å²) in [6.45, 7) is 3.80. The maximum atomic E-state index is 12.3. The fourth-order valence-corrected chi connectivity index (χ4v) is 2.65. The third kappa shape index (κ3) is 3.98. The molecule has 0 atom stereocenters. The van der Waals surface area contributed by atoms with Crippen molar-refractivity contribution in [2.75, 3.05) is 10.6 Å². The van der Waals surface area contributed by atoms with E-state index in [0.29, 0.717) is 11.1 Å². The molecule has 0 aliphatic heterocycles. The molecular weight excluding hydrogens is 324 g/mol. The Kier molecular flexibility index (Phi) is 5.13. The molecule has 0 spiro atoms. The highest BCUT2D eigenvalue weighted by Gasteiger charge is 2.12. The number of nitrogens with one attached hydrogen (secondary N) is 2. The van der Waals surface area contributed by atoms with Crippen LogP contribution in [0.25, 0.3) is 0 Å². The molecule has 2 N–H and O–H groups in total. The second kappa shape index (κ2) is 7.66. The lowest BCUT2D eigenvalue weighted by atomic mass is 10.1. The van der Waals surface area contributed by atoms with Gasteiger partial charge in [0.1, 0.15) is 0 Å². The largest absolute Gasteiger partial charge is 0.322 e. The van der Waals surface area contributed by atoms with Gasteiger partial charge in [-0.3, -0.25) is 9.59 Å². The summed E-state index contributed by atoms with van der Waals surface area (Å²) in [5, 5.41) is 5.86. The van der Waals surface area contributed by atoms with E-state index in [2.05, 4.69) is 10.6 Å². The van der Waals surface area contributed by atoms with Gasteiger partial charge in [0, 0.05) is 22.5 Å². The van der Waals surface area contributed by atoms with E-state index in [0.717, 1.165) is 22.5 Å². The molecule has 0 bridgehead atoms. The van der Waals surface area contributed by atoms with Crippen molar-refractivity contribution in [2.24, 2.45) is 0 Å². The molecule has 4 nitrogen and oxygen atoms in total. The molecule has 0 saturated heterocycles. The van der Waals surface area contributed by atoms with Crippen molar-refractivity contribution in [3.05, 3.63) is 95.1 Å². The van der Waals surface area contributed by atoms with Crippen LogP contribution in [0.5, 0.6) is 0 Å². The Morgan fingerprint density at radius 3 is 1.31 bits per heavy atom. The first-order chi connectivity index (χ1) is 12.5. The lowest BCUT2D eigenvalue weighted by Crippen LogP contribution is -2.15. The third-order valence-electron chi connectivity index (χ3n) is 4.14. The average molecular weight is 344 g/mol. The number of aryl methyl sites for hydroxylation is 2. The Morgan fingerprint density at radius 1 is 0.615 bits per heavy atom. The molecular formula is C22H20N2O2. The van der Waals surface area contributed by atoms with Crippen LogP contribution >= 0.6 is 0 Å². The van der Waals surface area contributed by atoms with Crippen molar-refractivity contribution in [1.82, 2.24) is 0 Å². The van der Waals surface area contributed by atoms with E-state index in [1.54, 1.807) is 24.3 Å². The SMILES string of the molecule is Cc1cc(NC(=O)c2ccccc2)c(C)cc1NC(=O)c1ccccc1. The van der Waals surface area contributed by atoms with Gasteiger partial charge in [0.05, 0.1) is 0 Å². The van der Waals surface area contributed by atoms with Crippen molar-refractivity contribution in [3.63, 3.8) is 0 Å². The predicted molar refractivity (Wildman–Crippen MR) is 105 cm³/mol. The summed E-state index contributed by atoms with van der Waals surface area (Å²) < 4.78 is 0. The number of rotatable bonds is 4. The molecule has 130 valence electrons. The van der Waals surface area contributed by atoms with Gasteiger partial charge in [0.15, 0.2) is 0 Å². The summed E-state index contributed by atoms with van der Waals surface area (Å²) in [4.78, 5) is 24.7. The van der Waals surface area contributed by atoms with E-state index >= 15 is 0 Å². The van der Waals surface area contributed by atoms with Crippen LogP contribution in [0.2, 0.25) is 0 Å². The fourth-order valence-electron chi connectivity index (χ4n) is 2.65. The van der Waals surface area contributed by atoms with Gasteiger partial charge in [0.25, 0.3) is 11.8 Å². The smallest absolute Gasteiger partial charge is 0.255 e. The van der Waals surface area contributed by atoms with Crippen LogP contribution in [0.1, 0.15) is 31.8 Å². The van der Waals surface area contributed by atoms with E-state index in [9.17, 15) is 9.59 Å². The Bertz CT molecular complexity index is 856. The molecule has 26 heavy (non-hydrogen) atoms. The van der Waals surface area contributed by atoms with Crippen LogP contribution in [-0.2, 0) is 0 Å². The van der Waals surface area contributed by atoms with Gasteiger partial charge in [-0.2, -0.15) is 0 Å². The quantitative estimate of drug-likeness (QED) is 0.714. The lowest BCUT2D eigenvalue weighted by Gasteiger charge is -2.14. The monoisotopic (exact) mass is 344 g/mol. The Hall–Kier alpha value is -3.40. The Balaban J connectivity index is 1.78. The molecule has 2 amide bonds. The normalized spacial score (nSPS) is 10.2. The highest BCUT2D eigenvalue weighted by atomic mass is 16.2. The third-order valence-corrected chi connectivity index (χ3v) is 4.14. The molecule has 3 aromatic carbocycles. The van der Waals surface area contributed by atoms with Crippen molar-refractivity contribution in [3.8, 4) is 0 Å². The zero-order valence-corrected chi connectivity index (χ0v) is 14.7. The maximum Gasteiger partial charge on any atom is 0.255 e. The summed E-state index contributed by atoms with van der Waals surface area (Å²) in [6.07, 6.45) is 0. The topological polar surface area (TPSA) is 58.2 Å². The average Bonchev–Trinajstić information content (AvgIpc) is 2.67. The summed E-state index contributed by atoms with van der Waals surface area (Å²) in [5.74, 6) is -0.316. The van der Waals surface area contributed by atoms with Gasteiger partial charge in [-0.1, -0.05) is 36.4 Å². The molecule has 0 radical (unpaired) electrons. The number of anilines is 2. The number of hydrogen-bond acceptors (Lipinski definition) is 2. The van der Waals surface area contributed by atoms with Gasteiger partial charge in [-0.15, -0.1) is 0 Å². The maximum absolute atomic E-state index is 12.3. The Labute approximate surface area is 152 Å². The molecule has 3 aromatic rings. The number of benzene rings is 3. The van der Waals surface area contributed by atoms with E-state index in [-0.39, 0.29) is 11.8 Å². The van der Waals surface area contributed by atoms with Crippen molar-refractivity contribution in [1.29, 1.82) is 0 Å². The molecule has 0 aliphatic rings. The minimum atomic E-state index is -0.158. The standard InChI is InChI=1S/C22H20N2O2/c1-15-13-20(24-22(26)18-11-7-4-8-12-18)16(2)14-19(15)23-21(25)17-9-5-3-6-10-17/h3-14H,1-2H3,(H,23,25)(H,24,26). The first-order valence-electron chi connectivity index (χ1n) is 8.38. The number of amides is 2. The minimum absolute atomic E-state index is 0.158. The highest BCUT2D eigenvalue weighted by Crippen LogP contribution is 2.25. The fraction of sp³-hybridized carbons (Fsp3) is 0.0909. The molecule has 4 heteroatoms. The van der Waals surface area contributed by atoms with Crippen LogP contribution in [0.15, 0.2) is 72.8 Å². The molecule has 0 unspecified atom stereocenters. The highest BCUT2D eigenvalue weighted by molar-refractivity contribution is 6.06. The summed E-state index contributed by atoms with van der Waals surface area (Å²) in [5.41, 5.74) is 4.42. The minimum Gasteiger partial charge on any atom is -0.322 e. The number of carbonyl (C=O) groups is 2. The second-order valence-electron chi connectivity index (χ2n) is 6.12. The zero-order chi connectivity index (χ0) is 18.5. The van der Waals surface area contributed by atoms with Gasteiger partial charge < -0.3 is 10.6 Å². The number of carbonyl (C=O) groups excluding carboxylic acids is 2. The van der Waals surface area contributed by atoms with Crippen LogP contribution in [0.4, 0.5) is 11.4 Å². The van der Waals surface area contributed by atoms with Crippen molar-refractivity contribution in [2.45, 2.75) is 13.8 Å². The van der Waals surface area contributed by atoms with Crippen LogP contribution < -0.4 is 10.6 Å². The van der Waals surface area contributed by atoms with Crippen LogP contribution in [-0.4, -0.2) is 11.8 Å². The van der Waals surface area contributed by atoms with Gasteiger partial charge in [-0.05, 0) is 61.4 Å². The first kappa shape index (κ1) is 17.4. The van der Waals surface area contributed by atoms with E-state index in [4.69, 9.17) is 0 Å². The summed E-state index contributed by atoms with van der Waals surface area (Å²) in [6, 6.07) is 21.9.